The molecule has 0 atom stereocenters. The Kier molecular flexibility index (Phi) is 32.6. The van der Waals surface area contributed by atoms with Crippen LogP contribution in [0.1, 0.15) is 20.0 Å². The van der Waals surface area contributed by atoms with Gasteiger partial charge in [0.15, 0.2) is 0 Å². The van der Waals surface area contributed by atoms with E-state index < -0.39 is 0 Å². The Bertz CT molecular complexity index is 2940. The van der Waals surface area contributed by atoms with Crippen LogP contribution in [0.15, 0.2) is 203 Å². The van der Waals surface area contributed by atoms with Crippen LogP contribution in [0.3, 0.4) is 0 Å². The molecule has 0 bridgehead atoms. The molecule has 5 aromatic carbocycles. The van der Waals surface area contributed by atoms with Crippen LogP contribution in [-0.2, 0) is 62.3 Å². The number of aromatic nitrogens is 3. The number of halogens is 3. The summed E-state index contributed by atoms with van der Waals surface area (Å²) in [6.45, 7) is 2.42. The van der Waals surface area contributed by atoms with Gasteiger partial charge in [0.05, 0.1) is 39.6 Å². The largest absolute Gasteiger partial charge is 0.508 e. The van der Waals surface area contributed by atoms with E-state index in [4.69, 9.17) is 39.4 Å². The molecule has 8 rings (SSSR count). The van der Waals surface area contributed by atoms with Crippen molar-refractivity contribution in [1.29, 1.82) is 0 Å². The number of aliphatic hydroxyl groups excluding tert-OH is 3. The standard InChI is InChI=1S/C20H18FNO3.C13H12FNO3.C11H8FNO2.C9H12O2.CH4O.CH4.V.W.H2/c21-17-6-8-18(9-7-17)22-11-10-19(14-20(22)23)25-13-12-24-15-16-4-2-1-3-5-16;14-10-1-3-11(4-2-10)15-6-5-12(9-13(15)17)18-8-7-16;12-8-1-3-9(4-2-8)13-6-5-10(14)7-11(13)15;10-6-7-11-8-9-4-2-1-3-5-9;1-2;;;;/h1-11,14H,12-13,15H2;1-6,9,16H,7-8H2;1-7,14H;1-5,10H,6-8H2;2H,1H3;1H4;;;1H/i;;;;;;;;1+1. The molecule has 0 spiro atoms. The van der Waals surface area contributed by atoms with E-state index in [1.54, 1.807) is 36.7 Å². The Balaban J connectivity index is 0.000000981. The van der Waals surface area contributed by atoms with Gasteiger partial charge in [-0.2, -0.15) is 0 Å². The van der Waals surface area contributed by atoms with Crippen molar-refractivity contribution in [1.82, 2.24) is 13.7 Å². The van der Waals surface area contributed by atoms with Crippen molar-refractivity contribution < 1.29 is 93.6 Å². The first-order chi connectivity index (χ1) is 34.5. The van der Waals surface area contributed by atoms with Crippen LogP contribution < -0.4 is 26.2 Å². The number of aromatic hydroxyl groups is 1. The van der Waals surface area contributed by atoms with E-state index in [1.807, 2.05) is 60.7 Å². The normalized spacial score (nSPS) is 9.72. The summed E-state index contributed by atoms with van der Waals surface area (Å²) in [5.74, 6) is -0.259. The van der Waals surface area contributed by atoms with Crippen molar-refractivity contribution in [2.24, 2.45) is 0 Å². The number of nitrogens with zero attached hydrogens (tertiary/aromatic N) is 3. The Hall–Kier alpha value is -6.79. The minimum Gasteiger partial charge on any atom is -0.508 e. The maximum absolute atomic E-state index is 13.0. The van der Waals surface area contributed by atoms with E-state index in [-0.39, 0.29) is 108 Å². The van der Waals surface area contributed by atoms with E-state index in [2.05, 4.69) is 0 Å². The maximum Gasteiger partial charge on any atom is 0.258 e. The first kappa shape index (κ1) is 65.2. The van der Waals surface area contributed by atoms with Crippen molar-refractivity contribution in [3.05, 3.63) is 248 Å². The Morgan fingerprint density at radius 1 is 0.459 bits per heavy atom. The molecule has 3 heterocycles. The number of aliphatic hydroxyl groups is 3. The van der Waals surface area contributed by atoms with Gasteiger partial charge in [0, 0.05) is 102 Å². The zero-order valence-electron chi connectivity index (χ0n) is 39.5. The minimum atomic E-state index is -0.360. The monoisotopic (exact) mass is 1230 g/mol. The van der Waals surface area contributed by atoms with Crippen molar-refractivity contribution in [2.45, 2.75) is 20.6 Å². The first-order valence-corrected chi connectivity index (χ1v) is 21.8. The summed E-state index contributed by atoms with van der Waals surface area (Å²) in [6.07, 6.45) is 4.59. The molecule has 0 saturated carbocycles. The molecule has 8 aromatic rings. The smallest absolute Gasteiger partial charge is 0.258 e. The van der Waals surface area contributed by atoms with E-state index in [9.17, 15) is 27.6 Å². The first-order valence-electron chi connectivity index (χ1n) is 21.8. The quantitative estimate of drug-likeness (QED) is 0.0683. The van der Waals surface area contributed by atoms with Crippen LogP contribution in [0.5, 0.6) is 17.2 Å². The molecule has 0 aliphatic carbocycles. The Morgan fingerprint density at radius 3 is 1.15 bits per heavy atom. The summed E-state index contributed by atoms with van der Waals surface area (Å²) >= 11 is 0. The molecule has 74 heavy (non-hydrogen) atoms. The molecule has 1 radical (unpaired) electrons. The van der Waals surface area contributed by atoms with Gasteiger partial charge in [0.25, 0.3) is 16.7 Å². The second-order valence-corrected chi connectivity index (χ2v) is 14.4. The molecule has 19 heteroatoms. The predicted octanol–water partition coefficient (Wildman–Crippen LogP) is 8.28. The third-order valence-electron chi connectivity index (χ3n) is 9.31. The van der Waals surface area contributed by atoms with Gasteiger partial charge in [-0.15, -0.1) is 0 Å². The number of ether oxygens (including phenoxy) is 4. The average molecular weight is 1230 g/mol. The maximum atomic E-state index is 13.0. The molecule has 3 aromatic heterocycles. The summed E-state index contributed by atoms with van der Waals surface area (Å²) in [6, 6.07) is 45.2. The Morgan fingerprint density at radius 2 is 0.797 bits per heavy atom. The number of hydrogen-bond acceptors (Lipinski definition) is 11. The van der Waals surface area contributed by atoms with Gasteiger partial charge in [-0.25, -0.2) is 13.2 Å². The van der Waals surface area contributed by atoms with Crippen molar-refractivity contribution in [3.8, 4) is 34.3 Å². The van der Waals surface area contributed by atoms with Crippen molar-refractivity contribution in [3.63, 3.8) is 0 Å². The van der Waals surface area contributed by atoms with Crippen molar-refractivity contribution in [2.75, 3.05) is 46.8 Å². The summed E-state index contributed by atoms with van der Waals surface area (Å²) < 4.78 is 63.8. The number of pyridine rings is 3. The van der Waals surface area contributed by atoms with E-state index in [0.717, 1.165) is 24.3 Å². The molecule has 0 unspecified atom stereocenters. The van der Waals surface area contributed by atoms with Crippen LogP contribution in [0.2, 0.25) is 0 Å². The zero-order valence-corrected chi connectivity index (χ0v) is 43.9. The second-order valence-electron chi connectivity index (χ2n) is 14.4. The van der Waals surface area contributed by atoms with E-state index >= 15 is 0 Å². The fourth-order valence-corrected chi connectivity index (χ4v) is 5.99. The molecule has 14 nitrogen and oxygen atoms in total. The van der Waals surface area contributed by atoms with Crippen LogP contribution in [0.25, 0.3) is 17.1 Å². The molecule has 0 aliphatic heterocycles. The third-order valence-corrected chi connectivity index (χ3v) is 9.31. The van der Waals surface area contributed by atoms with Crippen molar-refractivity contribution >= 4 is 0 Å². The topological polar surface area (TPSA) is 184 Å². The molecule has 0 amide bonds. The molecule has 0 fully saturated rings. The number of benzene rings is 5. The summed E-state index contributed by atoms with van der Waals surface area (Å²) in [5, 5.41) is 33.1. The molecular formula is C55H60F3N3O11VW. The fourth-order valence-electron chi connectivity index (χ4n) is 5.99. The van der Waals surface area contributed by atoms with Crippen LogP contribution >= 0.6 is 0 Å². The average Bonchev–Trinajstić information content (AvgIpc) is 3.39. The third kappa shape index (κ3) is 23.4. The van der Waals surface area contributed by atoms with Gasteiger partial charge < -0.3 is 39.4 Å². The molecule has 4 N–H and O–H groups in total. The van der Waals surface area contributed by atoms with Gasteiger partial charge in [-0.3, -0.25) is 28.1 Å². The van der Waals surface area contributed by atoms with E-state index in [0.29, 0.717) is 61.6 Å². The summed E-state index contributed by atoms with van der Waals surface area (Å²) in [4.78, 5) is 35.4. The molecular weight excluding hydrogens is 1170 g/mol. The van der Waals surface area contributed by atoms with Crippen LogP contribution in [-0.4, -0.2) is 80.9 Å². The van der Waals surface area contributed by atoms with Gasteiger partial charge in [0.2, 0.25) is 0 Å². The SMILES string of the molecule is C.CO.O=c1cc(O)ccn1-c1ccc(F)cc1.O=c1cc(OCCO)ccn1-c1ccc(F)cc1.O=c1cc(OCCOCc2ccccc2)ccn1-c1ccc(F)cc1.OCCOCc1ccccc1.[2HH].[V].[W]. The Labute approximate surface area is 454 Å². The fraction of sp³-hybridized carbons (Fsp3) is 0.182. The zero-order chi connectivity index (χ0) is 51.2. The molecule has 0 saturated heterocycles. The van der Waals surface area contributed by atoms with Crippen LogP contribution in [0.4, 0.5) is 13.2 Å². The van der Waals surface area contributed by atoms with Gasteiger partial charge in [-0.05, 0) is 102 Å². The van der Waals surface area contributed by atoms with Gasteiger partial charge in [0.1, 0.15) is 47.9 Å². The van der Waals surface area contributed by atoms with Crippen LogP contribution in [0, 0.1) is 17.5 Å². The second kappa shape index (κ2) is 37.0. The number of hydrogen-bond donors (Lipinski definition) is 4. The van der Waals surface area contributed by atoms with Gasteiger partial charge >= 0.3 is 0 Å². The van der Waals surface area contributed by atoms with Gasteiger partial charge in [-0.1, -0.05) is 68.1 Å². The molecule has 393 valence electrons. The van der Waals surface area contributed by atoms with E-state index in [1.165, 1.54) is 98.8 Å². The minimum absolute atomic E-state index is 0. The summed E-state index contributed by atoms with van der Waals surface area (Å²) in [7, 11) is 1.00. The predicted molar refractivity (Wildman–Crippen MR) is 272 cm³/mol. The number of rotatable bonds is 16. The summed E-state index contributed by atoms with van der Waals surface area (Å²) in [5.41, 5.74) is 3.10. The molecule has 0 aliphatic rings.